The Morgan fingerprint density at radius 2 is 2.14 bits per heavy atom. The van der Waals surface area contributed by atoms with Crippen molar-refractivity contribution in [1.29, 1.82) is 0 Å². The summed E-state index contributed by atoms with van der Waals surface area (Å²) >= 11 is 0. The first-order chi connectivity index (χ1) is 9.95. The van der Waals surface area contributed by atoms with E-state index >= 15 is 0 Å². The third-order valence-electron chi connectivity index (χ3n) is 2.59. The first-order valence-corrected chi connectivity index (χ1v) is 6.34. The number of amides is 1. The maximum atomic E-state index is 12.0. The van der Waals surface area contributed by atoms with Crippen LogP contribution >= 0.6 is 0 Å². The highest BCUT2D eigenvalue weighted by atomic mass is 16.6. The van der Waals surface area contributed by atoms with Gasteiger partial charge >= 0.3 is 5.97 Å². The van der Waals surface area contributed by atoms with E-state index in [0.717, 1.165) is 0 Å². The van der Waals surface area contributed by atoms with Crippen LogP contribution in [-0.2, 0) is 9.53 Å². The molecule has 21 heavy (non-hydrogen) atoms. The number of benzene rings is 1. The molecule has 0 saturated heterocycles. The normalized spacial score (nSPS) is 11.8. The van der Waals surface area contributed by atoms with Gasteiger partial charge in [-0.15, -0.1) is 0 Å². The zero-order valence-electron chi connectivity index (χ0n) is 11.9. The molecule has 0 aliphatic rings. The minimum Gasteiger partial charge on any atom is -0.449 e. The van der Waals surface area contributed by atoms with Gasteiger partial charge in [-0.2, -0.15) is 4.98 Å². The molecule has 2 rings (SSSR count). The van der Waals surface area contributed by atoms with Crippen molar-refractivity contribution in [3.05, 3.63) is 41.5 Å². The lowest BCUT2D eigenvalue weighted by Crippen LogP contribution is -2.11. The summed E-state index contributed by atoms with van der Waals surface area (Å²) in [4.78, 5) is 27.1. The lowest BCUT2D eigenvalue weighted by Gasteiger charge is -2.10. The molecule has 1 aromatic carbocycles. The van der Waals surface area contributed by atoms with Gasteiger partial charge < -0.3 is 14.6 Å². The molecule has 0 bridgehead atoms. The highest BCUT2D eigenvalue weighted by molar-refractivity contribution is 5.93. The minimum absolute atomic E-state index is 0.213. The second kappa shape index (κ2) is 6.17. The molecule has 1 unspecified atom stereocenters. The molecule has 0 aliphatic heterocycles. The summed E-state index contributed by atoms with van der Waals surface area (Å²) in [7, 11) is 0. The average Bonchev–Trinajstić information content (AvgIpc) is 2.85. The van der Waals surface area contributed by atoms with Gasteiger partial charge in [0.25, 0.3) is 5.89 Å². The molecular weight excluding hydrogens is 274 g/mol. The Morgan fingerprint density at radius 1 is 1.38 bits per heavy atom. The van der Waals surface area contributed by atoms with E-state index < -0.39 is 12.1 Å². The van der Waals surface area contributed by atoms with E-state index in [-0.39, 0.29) is 11.8 Å². The van der Waals surface area contributed by atoms with Crippen LogP contribution in [0.4, 0.5) is 5.69 Å². The number of carbonyl (C=O) groups excluding carboxylic acids is 2. The highest BCUT2D eigenvalue weighted by Crippen LogP contribution is 2.18. The van der Waals surface area contributed by atoms with E-state index in [2.05, 4.69) is 15.5 Å². The molecule has 0 fully saturated rings. The average molecular weight is 289 g/mol. The van der Waals surface area contributed by atoms with Gasteiger partial charge in [-0.1, -0.05) is 11.2 Å². The fraction of sp³-hybridized carbons (Fsp3) is 0.286. The molecule has 1 amide bonds. The predicted molar refractivity (Wildman–Crippen MR) is 73.6 cm³/mol. The fourth-order valence-electron chi connectivity index (χ4n) is 1.68. The van der Waals surface area contributed by atoms with Crippen LogP contribution in [-0.4, -0.2) is 22.0 Å². The molecule has 1 aromatic heterocycles. The number of nitrogens with one attached hydrogen (secondary N) is 1. The van der Waals surface area contributed by atoms with Gasteiger partial charge in [-0.3, -0.25) is 4.79 Å². The molecular formula is C14H15N3O4. The summed E-state index contributed by atoms with van der Waals surface area (Å²) in [5.74, 6) is -0.0415. The van der Waals surface area contributed by atoms with Gasteiger partial charge in [0.1, 0.15) is 0 Å². The summed E-state index contributed by atoms with van der Waals surface area (Å²) in [6, 6.07) is 6.47. The Morgan fingerprint density at radius 3 is 2.76 bits per heavy atom. The number of nitrogens with zero attached hydrogens (tertiary/aromatic N) is 2. The van der Waals surface area contributed by atoms with E-state index in [0.29, 0.717) is 17.1 Å². The summed E-state index contributed by atoms with van der Waals surface area (Å²) in [5, 5.41) is 6.24. The number of anilines is 1. The van der Waals surface area contributed by atoms with Crippen LogP contribution in [0.25, 0.3) is 0 Å². The number of aryl methyl sites for hydroxylation is 1. The van der Waals surface area contributed by atoms with Crippen LogP contribution < -0.4 is 5.32 Å². The van der Waals surface area contributed by atoms with Crippen molar-refractivity contribution in [3.63, 3.8) is 0 Å². The molecule has 2 aromatic rings. The van der Waals surface area contributed by atoms with Crippen molar-refractivity contribution in [2.75, 3.05) is 5.32 Å². The maximum Gasteiger partial charge on any atom is 0.338 e. The molecule has 0 radical (unpaired) electrons. The van der Waals surface area contributed by atoms with E-state index in [1.807, 2.05) is 0 Å². The highest BCUT2D eigenvalue weighted by Gasteiger charge is 2.19. The van der Waals surface area contributed by atoms with Gasteiger partial charge in [0.05, 0.1) is 5.56 Å². The number of ether oxygens (including phenoxy) is 1. The standard InChI is InChI=1S/C14H15N3O4/c1-8(13-15-9(2)17-21-13)20-14(19)11-5-4-6-12(7-11)16-10(3)18/h4-8H,1-3H3,(H,16,18). The number of hydrogen-bond donors (Lipinski definition) is 1. The van der Waals surface area contributed by atoms with Crippen molar-refractivity contribution in [1.82, 2.24) is 10.1 Å². The maximum absolute atomic E-state index is 12.0. The van der Waals surface area contributed by atoms with Gasteiger partial charge in [0.2, 0.25) is 5.91 Å². The third kappa shape index (κ3) is 3.88. The van der Waals surface area contributed by atoms with Crippen LogP contribution in [0.3, 0.4) is 0 Å². The molecule has 1 N–H and O–H groups in total. The van der Waals surface area contributed by atoms with Crippen molar-refractivity contribution in [3.8, 4) is 0 Å². The summed E-state index contributed by atoms with van der Waals surface area (Å²) < 4.78 is 10.2. The van der Waals surface area contributed by atoms with Gasteiger partial charge in [0, 0.05) is 12.6 Å². The number of aromatic nitrogens is 2. The Labute approximate surface area is 121 Å². The largest absolute Gasteiger partial charge is 0.449 e. The molecule has 1 atom stereocenters. The van der Waals surface area contributed by atoms with Crippen molar-refractivity contribution >= 4 is 17.6 Å². The van der Waals surface area contributed by atoms with Crippen LogP contribution in [0.1, 0.15) is 42.0 Å². The molecule has 7 nitrogen and oxygen atoms in total. The molecule has 110 valence electrons. The number of carbonyl (C=O) groups is 2. The fourth-order valence-corrected chi connectivity index (χ4v) is 1.68. The predicted octanol–water partition coefficient (Wildman–Crippen LogP) is 2.25. The zero-order chi connectivity index (χ0) is 15.4. The summed E-state index contributed by atoms with van der Waals surface area (Å²) in [6.45, 7) is 4.71. The zero-order valence-corrected chi connectivity index (χ0v) is 11.9. The Kier molecular flexibility index (Phi) is 4.32. The number of rotatable bonds is 4. The summed E-state index contributed by atoms with van der Waals surface area (Å²) in [6.07, 6.45) is -0.650. The van der Waals surface area contributed by atoms with Gasteiger partial charge in [0.15, 0.2) is 11.9 Å². The van der Waals surface area contributed by atoms with E-state index in [1.54, 1.807) is 32.0 Å². The van der Waals surface area contributed by atoms with Crippen LogP contribution in [0.5, 0.6) is 0 Å². The van der Waals surface area contributed by atoms with E-state index in [1.165, 1.54) is 13.0 Å². The Balaban J connectivity index is 2.07. The monoisotopic (exact) mass is 289 g/mol. The van der Waals surface area contributed by atoms with Gasteiger partial charge in [-0.25, -0.2) is 4.79 Å². The minimum atomic E-state index is -0.650. The van der Waals surface area contributed by atoms with Crippen molar-refractivity contribution in [2.45, 2.75) is 26.9 Å². The molecule has 1 heterocycles. The first kappa shape index (κ1) is 14.7. The lowest BCUT2D eigenvalue weighted by atomic mass is 10.2. The molecule has 7 heteroatoms. The van der Waals surface area contributed by atoms with Crippen molar-refractivity contribution < 1.29 is 18.8 Å². The van der Waals surface area contributed by atoms with E-state index in [4.69, 9.17) is 9.26 Å². The number of hydrogen-bond acceptors (Lipinski definition) is 6. The molecule has 0 saturated carbocycles. The lowest BCUT2D eigenvalue weighted by molar-refractivity contribution is -0.114. The Hall–Kier alpha value is -2.70. The first-order valence-electron chi connectivity index (χ1n) is 6.34. The topological polar surface area (TPSA) is 94.3 Å². The quantitative estimate of drug-likeness (QED) is 0.867. The van der Waals surface area contributed by atoms with Crippen LogP contribution in [0.15, 0.2) is 28.8 Å². The molecule has 0 spiro atoms. The van der Waals surface area contributed by atoms with Crippen molar-refractivity contribution in [2.24, 2.45) is 0 Å². The SMILES string of the molecule is CC(=O)Nc1cccc(C(=O)OC(C)c2nc(C)no2)c1. The Bertz CT molecular complexity index is 666. The van der Waals surface area contributed by atoms with Gasteiger partial charge in [-0.05, 0) is 32.0 Å². The summed E-state index contributed by atoms with van der Waals surface area (Å²) in [5.41, 5.74) is 0.850. The van der Waals surface area contributed by atoms with Crippen LogP contribution in [0, 0.1) is 6.92 Å². The van der Waals surface area contributed by atoms with E-state index in [9.17, 15) is 9.59 Å². The number of esters is 1. The second-order valence-electron chi connectivity index (χ2n) is 4.49. The second-order valence-corrected chi connectivity index (χ2v) is 4.49. The third-order valence-corrected chi connectivity index (χ3v) is 2.59. The van der Waals surface area contributed by atoms with Crippen LogP contribution in [0.2, 0.25) is 0 Å². The molecule has 0 aliphatic carbocycles. The smallest absolute Gasteiger partial charge is 0.338 e.